The van der Waals surface area contributed by atoms with Gasteiger partial charge in [-0.1, -0.05) is 13.3 Å². The number of methoxy groups -OCH3 is 1. The number of imidazole rings is 1. The zero-order chi connectivity index (χ0) is 19.6. The molecule has 0 bridgehead atoms. The number of carbonyl (C=O) groups excluding carboxylic acids is 1. The van der Waals surface area contributed by atoms with Crippen LogP contribution in [0.15, 0.2) is 6.33 Å². The smallest absolute Gasteiger partial charge is 0.305 e. The summed E-state index contributed by atoms with van der Waals surface area (Å²) in [5, 5.41) is 20.7. The normalized spacial score (nSPS) is 25.0. The van der Waals surface area contributed by atoms with E-state index in [-0.39, 0.29) is 30.1 Å². The maximum absolute atomic E-state index is 11.7. The average Bonchev–Trinajstić information content (AvgIpc) is 3.19. The zero-order valence-corrected chi connectivity index (χ0v) is 15.1. The molecule has 0 saturated carbocycles. The highest BCUT2D eigenvalue weighted by molar-refractivity contribution is 5.77. The van der Waals surface area contributed by atoms with Crippen molar-refractivity contribution in [2.75, 3.05) is 19.5 Å². The van der Waals surface area contributed by atoms with Crippen molar-refractivity contribution in [2.45, 2.75) is 50.7 Å². The van der Waals surface area contributed by atoms with Crippen LogP contribution in [0.2, 0.25) is 0 Å². The summed E-state index contributed by atoms with van der Waals surface area (Å²) in [4.78, 5) is 23.9. The Labute approximate surface area is 155 Å². The number of unbranched alkanes of at least 4 members (excludes halogenated alkanes) is 1. The van der Waals surface area contributed by atoms with Crippen molar-refractivity contribution < 1.29 is 29.2 Å². The van der Waals surface area contributed by atoms with Crippen molar-refractivity contribution in [3.05, 3.63) is 6.33 Å². The van der Waals surface area contributed by atoms with E-state index in [1.54, 1.807) is 0 Å². The first kappa shape index (κ1) is 19.3. The van der Waals surface area contributed by atoms with E-state index in [1.165, 1.54) is 18.0 Å². The topological polar surface area (TPSA) is 155 Å². The van der Waals surface area contributed by atoms with Gasteiger partial charge in [-0.15, -0.1) is 0 Å². The highest BCUT2D eigenvalue weighted by atomic mass is 16.6. The Morgan fingerprint density at radius 1 is 1.37 bits per heavy atom. The van der Waals surface area contributed by atoms with E-state index in [1.807, 2.05) is 6.92 Å². The molecule has 3 heterocycles. The molecular weight excluding hydrogens is 358 g/mol. The van der Waals surface area contributed by atoms with E-state index in [0.717, 1.165) is 12.8 Å². The molecule has 3 rings (SSSR count). The molecule has 0 radical (unpaired) electrons. The van der Waals surface area contributed by atoms with Crippen molar-refractivity contribution >= 4 is 23.1 Å². The van der Waals surface area contributed by atoms with Crippen molar-refractivity contribution in [3.63, 3.8) is 0 Å². The third-order valence-electron chi connectivity index (χ3n) is 4.35. The number of hydrogen-bond donors (Lipinski definition) is 3. The van der Waals surface area contributed by atoms with Gasteiger partial charge in [-0.3, -0.25) is 9.36 Å². The van der Waals surface area contributed by atoms with E-state index in [0.29, 0.717) is 11.9 Å². The molecule has 0 unspecified atom stereocenters. The standard InChI is InChI=1S/C16H23N5O6/c1-3-4-5-9(22)26-6-8-11(23)12(24)15(27-8)21-7-18-10-13(21)19-16(17)20-14(10)25-2/h7-8,11-12,15,23-24H,3-6H2,1-2H3,(H2,17,19,20)/t8-,11-,12+,15-/m1/s1. The van der Waals surface area contributed by atoms with Crippen LogP contribution in [0.5, 0.6) is 5.88 Å². The average molecular weight is 381 g/mol. The van der Waals surface area contributed by atoms with Gasteiger partial charge in [0.15, 0.2) is 17.4 Å². The highest BCUT2D eigenvalue weighted by Gasteiger charge is 2.45. The molecule has 4 atom stereocenters. The van der Waals surface area contributed by atoms with Gasteiger partial charge in [-0.05, 0) is 6.42 Å². The van der Waals surface area contributed by atoms with Crippen LogP contribution in [0.4, 0.5) is 5.95 Å². The Morgan fingerprint density at radius 3 is 2.85 bits per heavy atom. The van der Waals surface area contributed by atoms with Gasteiger partial charge in [-0.25, -0.2) is 4.98 Å². The molecule has 1 aliphatic heterocycles. The van der Waals surface area contributed by atoms with Gasteiger partial charge in [-0.2, -0.15) is 9.97 Å². The molecule has 148 valence electrons. The number of fused-ring (bicyclic) bond motifs is 1. The molecular formula is C16H23N5O6. The molecule has 11 nitrogen and oxygen atoms in total. The molecule has 1 aliphatic rings. The molecule has 0 aliphatic carbocycles. The molecule has 1 saturated heterocycles. The van der Waals surface area contributed by atoms with Crippen LogP contribution in [0.3, 0.4) is 0 Å². The fourth-order valence-corrected chi connectivity index (χ4v) is 2.90. The minimum atomic E-state index is -1.27. The maximum atomic E-state index is 11.7. The number of nitrogens with two attached hydrogens (primary N) is 1. The highest BCUT2D eigenvalue weighted by Crippen LogP contribution is 2.33. The first-order valence-corrected chi connectivity index (χ1v) is 8.67. The maximum Gasteiger partial charge on any atom is 0.305 e. The number of nitrogens with zero attached hydrogens (tertiary/aromatic N) is 4. The molecule has 1 fully saturated rings. The van der Waals surface area contributed by atoms with Crippen LogP contribution in [0, 0.1) is 0 Å². The Morgan fingerprint density at radius 2 is 2.15 bits per heavy atom. The number of aromatic nitrogens is 4. The van der Waals surface area contributed by atoms with Gasteiger partial charge in [0.2, 0.25) is 11.8 Å². The number of carbonyl (C=O) groups is 1. The summed E-state index contributed by atoms with van der Waals surface area (Å²) in [5.74, 6) is -0.217. The molecule has 2 aromatic rings. The van der Waals surface area contributed by atoms with Gasteiger partial charge in [0.25, 0.3) is 0 Å². The van der Waals surface area contributed by atoms with Crippen molar-refractivity contribution in [1.29, 1.82) is 0 Å². The van der Waals surface area contributed by atoms with Gasteiger partial charge in [0, 0.05) is 6.42 Å². The molecule has 2 aromatic heterocycles. The van der Waals surface area contributed by atoms with Crippen LogP contribution in [0.25, 0.3) is 11.2 Å². The number of ether oxygens (including phenoxy) is 3. The second-order valence-corrected chi connectivity index (χ2v) is 6.25. The van der Waals surface area contributed by atoms with Crippen LogP contribution in [-0.4, -0.2) is 67.7 Å². The largest absolute Gasteiger partial charge is 0.479 e. The van der Waals surface area contributed by atoms with Crippen LogP contribution >= 0.6 is 0 Å². The lowest BCUT2D eigenvalue weighted by atomic mass is 10.1. The Balaban J connectivity index is 1.77. The Kier molecular flexibility index (Phi) is 5.73. The summed E-state index contributed by atoms with van der Waals surface area (Å²) >= 11 is 0. The summed E-state index contributed by atoms with van der Waals surface area (Å²) in [6.07, 6.45) is -1.10. The monoisotopic (exact) mass is 381 g/mol. The van der Waals surface area contributed by atoms with E-state index in [4.69, 9.17) is 19.9 Å². The minimum absolute atomic E-state index is 0.0319. The molecule has 0 amide bonds. The molecule has 11 heteroatoms. The molecule has 4 N–H and O–H groups in total. The van der Waals surface area contributed by atoms with E-state index < -0.39 is 24.5 Å². The summed E-state index contributed by atoms with van der Waals surface area (Å²) in [6, 6.07) is 0. The summed E-state index contributed by atoms with van der Waals surface area (Å²) in [5.41, 5.74) is 6.31. The van der Waals surface area contributed by atoms with Crippen molar-refractivity contribution in [1.82, 2.24) is 19.5 Å². The number of aliphatic hydroxyl groups is 2. The first-order chi connectivity index (χ1) is 13.0. The Bertz CT molecular complexity index is 812. The molecule has 27 heavy (non-hydrogen) atoms. The SMILES string of the molecule is CCCCC(=O)OC[C@H]1O[C@@H](n2cnc3c(OC)nc(N)nc32)[C@@H](O)[C@@H]1O. The fourth-order valence-electron chi connectivity index (χ4n) is 2.90. The molecule has 0 spiro atoms. The second-order valence-electron chi connectivity index (χ2n) is 6.25. The molecule has 0 aromatic carbocycles. The summed E-state index contributed by atoms with van der Waals surface area (Å²) in [6.45, 7) is 1.81. The van der Waals surface area contributed by atoms with E-state index in [2.05, 4.69) is 15.0 Å². The van der Waals surface area contributed by atoms with Gasteiger partial charge in [0.05, 0.1) is 13.4 Å². The fraction of sp³-hybridized carbons (Fsp3) is 0.625. The van der Waals surface area contributed by atoms with Crippen LogP contribution in [0.1, 0.15) is 32.4 Å². The van der Waals surface area contributed by atoms with E-state index >= 15 is 0 Å². The number of rotatable bonds is 7. The van der Waals surface area contributed by atoms with Crippen LogP contribution < -0.4 is 10.5 Å². The zero-order valence-electron chi connectivity index (χ0n) is 15.1. The van der Waals surface area contributed by atoms with Gasteiger partial charge in [0.1, 0.15) is 24.9 Å². The van der Waals surface area contributed by atoms with E-state index in [9.17, 15) is 15.0 Å². The number of esters is 1. The van der Waals surface area contributed by atoms with Crippen LogP contribution in [-0.2, 0) is 14.3 Å². The van der Waals surface area contributed by atoms with Crippen molar-refractivity contribution in [2.24, 2.45) is 0 Å². The number of nitrogen functional groups attached to an aromatic ring is 1. The lowest BCUT2D eigenvalue weighted by Gasteiger charge is -2.16. The lowest BCUT2D eigenvalue weighted by molar-refractivity contribution is -0.150. The first-order valence-electron chi connectivity index (χ1n) is 8.67. The predicted octanol–water partition coefficient (Wildman–Crippen LogP) is -0.230. The summed E-state index contributed by atoms with van der Waals surface area (Å²) < 4.78 is 17.4. The number of anilines is 1. The Hall–Kier alpha value is -2.50. The lowest BCUT2D eigenvalue weighted by Crippen LogP contribution is -2.34. The number of hydrogen-bond acceptors (Lipinski definition) is 10. The van der Waals surface area contributed by atoms with Crippen molar-refractivity contribution in [3.8, 4) is 5.88 Å². The second kappa shape index (κ2) is 8.03. The quantitative estimate of drug-likeness (QED) is 0.548. The number of aliphatic hydroxyl groups excluding tert-OH is 2. The predicted molar refractivity (Wildman–Crippen MR) is 92.7 cm³/mol. The minimum Gasteiger partial charge on any atom is -0.479 e. The summed E-state index contributed by atoms with van der Waals surface area (Å²) in [7, 11) is 1.42. The third kappa shape index (κ3) is 3.80. The van der Waals surface area contributed by atoms with Gasteiger partial charge < -0.3 is 30.2 Å². The van der Waals surface area contributed by atoms with Gasteiger partial charge >= 0.3 is 5.97 Å². The third-order valence-corrected chi connectivity index (χ3v) is 4.35.